The Morgan fingerprint density at radius 2 is 1.86 bits per heavy atom. The molecule has 6 heteroatoms. The van der Waals surface area contributed by atoms with E-state index in [-0.39, 0.29) is 29.5 Å². The van der Waals surface area contributed by atoms with Gasteiger partial charge in [-0.25, -0.2) is 4.98 Å². The average molecular weight is 409 g/mol. The molecule has 3 unspecified atom stereocenters. The van der Waals surface area contributed by atoms with Crippen LogP contribution >= 0.6 is 11.6 Å². The van der Waals surface area contributed by atoms with Gasteiger partial charge in [0.25, 0.3) is 5.91 Å². The number of amides is 1. The van der Waals surface area contributed by atoms with Crippen LogP contribution in [-0.4, -0.2) is 22.8 Å². The van der Waals surface area contributed by atoms with Crippen LogP contribution in [0.3, 0.4) is 0 Å². The first-order chi connectivity index (χ1) is 14.0. The van der Waals surface area contributed by atoms with Gasteiger partial charge in [-0.05, 0) is 61.6 Å². The molecule has 5 rings (SSSR count). The maximum atomic E-state index is 13.5. The van der Waals surface area contributed by atoms with Gasteiger partial charge in [0.1, 0.15) is 11.9 Å². The molecule has 3 heterocycles. The van der Waals surface area contributed by atoms with Gasteiger partial charge >= 0.3 is 0 Å². The van der Waals surface area contributed by atoms with Gasteiger partial charge in [-0.15, -0.1) is 0 Å². The van der Waals surface area contributed by atoms with E-state index in [0.717, 1.165) is 36.8 Å². The summed E-state index contributed by atoms with van der Waals surface area (Å²) in [7, 11) is 0. The molecular weight excluding hydrogens is 388 g/mol. The zero-order chi connectivity index (χ0) is 20.1. The second kappa shape index (κ2) is 6.99. The summed E-state index contributed by atoms with van der Waals surface area (Å²) in [5, 5.41) is 0.603. The van der Waals surface area contributed by atoms with E-state index >= 15 is 0 Å². The standard InChI is InChI=1S/C23H21ClN2O3/c1-13-10-11-25-18(12-13)26-20(14-6-8-15(24)9-7-14)19-21(27)16-4-2-3-5-17(16)29-22(19)23(26)28/h6-12,16-17,20H,2-5H2,1H3. The van der Waals surface area contributed by atoms with Crippen LogP contribution in [-0.2, 0) is 14.3 Å². The van der Waals surface area contributed by atoms with Crippen LogP contribution in [0.1, 0.15) is 42.9 Å². The molecule has 5 nitrogen and oxygen atoms in total. The molecule has 0 saturated heterocycles. The summed E-state index contributed by atoms with van der Waals surface area (Å²) in [5.41, 5.74) is 2.27. The predicted molar refractivity (Wildman–Crippen MR) is 110 cm³/mol. The third-order valence-electron chi connectivity index (χ3n) is 6.10. The number of aromatic nitrogens is 1. The molecule has 3 aliphatic rings. The van der Waals surface area contributed by atoms with E-state index in [1.807, 2.05) is 31.2 Å². The van der Waals surface area contributed by atoms with E-state index in [9.17, 15) is 9.59 Å². The van der Waals surface area contributed by atoms with Gasteiger partial charge in [-0.3, -0.25) is 14.5 Å². The minimum Gasteiger partial charge on any atom is -0.483 e. The molecule has 2 aliphatic heterocycles. The van der Waals surface area contributed by atoms with Crippen LogP contribution < -0.4 is 4.90 Å². The second-order valence-electron chi connectivity index (χ2n) is 7.97. The number of Topliss-reactive ketones (excluding diaryl/α,β-unsaturated/α-hetero) is 1. The van der Waals surface area contributed by atoms with Crippen molar-refractivity contribution in [1.82, 2.24) is 4.98 Å². The molecule has 0 spiro atoms. The van der Waals surface area contributed by atoms with E-state index in [2.05, 4.69) is 4.98 Å². The topological polar surface area (TPSA) is 59.5 Å². The molecule has 0 bridgehead atoms. The number of aryl methyl sites for hydroxylation is 1. The van der Waals surface area contributed by atoms with Crippen molar-refractivity contribution in [2.24, 2.45) is 5.92 Å². The van der Waals surface area contributed by atoms with Crippen LogP contribution in [0.5, 0.6) is 0 Å². The van der Waals surface area contributed by atoms with E-state index in [0.29, 0.717) is 16.4 Å². The SMILES string of the molecule is Cc1ccnc(N2C(=O)C3=C(C(=O)C4CCCCC4O3)C2c2ccc(Cl)cc2)c1. The summed E-state index contributed by atoms with van der Waals surface area (Å²) in [6, 6.07) is 10.5. The molecular formula is C23H21ClN2O3. The fraction of sp³-hybridized carbons (Fsp3) is 0.348. The monoisotopic (exact) mass is 408 g/mol. The largest absolute Gasteiger partial charge is 0.483 e. The smallest absolute Gasteiger partial charge is 0.295 e. The van der Waals surface area contributed by atoms with Gasteiger partial charge < -0.3 is 4.74 Å². The van der Waals surface area contributed by atoms with Gasteiger partial charge in [0.05, 0.1) is 17.5 Å². The quantitative estimate of drug-likeness (QED) is 0.731. The van der Waals surface area contributed by atoms with E-state index in [4.69, 9.17) is 16.3 Å². The maximum Gasteiger partial charge on any atom is 0.295 e. The number of rotatable bonds is 2. The number of ether oxygens (including phenoxy) is 1. The molecule has 1 fully saturated rings. The van der Waals surface area contributed by atoms with Crippen molar-refractivity contribution >= 4 is 29.1 Å². The van der Waals surface area contributed by atoms with Gasteiger partial charge in [0, 0.05) is 11.2 Å². The Hall–Kier alpha value is -2.66. The molecule has 148 valence electrons. The fourth-order valence-corrected chi connectivity index (χ4v) is 4.82. The number of hydrogen-bond acceptors (Lipinski definition) is 4. The van der Waals surface area contributed by atoms with Gasteiger partial charge in [0.2, 0.25) is 0 Å². The first-order valence-electron chi connectivity index (χ1n) is 10.0. The van der Waals surface area contributed by atoms with Crippen molar-refractivity contribution in [3.63, 3.8) is 0 Å². The Labute approximate surface area is 174 Å². The molecule has 1 aliphatic carbocycles. The summed E-state index contributed by atoms with van der Waals surface area (Å²) in [4.78, 5) is 33.0. The maximum absolute atomic E-state index is 13.5. The molecule has 1 aromatic carbocycles. The summed E-state index contributed by atoms with van der Waals surface area (Å²) < 4.78 is 6.17. The van der Waals surface area contributed by atoms with Crippen molar-refractivity contribution in [2.45, 2.75) is 44.8 Å². The normalized spacial score (nSPS) is 26.3. The van der Waals surface area contributed by atoms with Gasteiger partial charge in [0.15, 0.2) is 11.5 Å². The molecule has 0 N–H and O–H groups in total. The highest BCUT2D eigenvalue weighted by molar-refractivity contribution is 6.30. The number of carbonyl (C=O) groups is 2. The fourth-order valence-electron chi connectivity index (χ4n) is 4.69. The highest BCUT2D eigenvalue weighted by atomic mass is 35.5. The first-order valence-corrected chi connectivity index (χ1v) is 10.4. The molecule has 1 saturated carbocycles. The highest BCUT2D eigenvalue weighted by Gasteiger charge is 2.52. The number of hydrogen-bond donors (Lipinski definition) is 0. The van der Waals surface area contributed by atoms with E-state index in [1.54, 1.807) is 23.2 Å². The van der Waals surface area contributed by atoms with E-state index < -0.39 is 6.04 Å². The van der Waals surface area contributed by atoms with Gasteiger partial charge in [-0.1, -0.05) is 30.2 Å². The predicted octanol–water partition coefficient (Wildman–Crippen LogP) is 4.54. The van der Waals surface area contributed by atoms with Crippen LogP contribution in [0, 0.1) is 12.8 Å². The number of carbonyl (C=O) groups excluding carboxylic acids is 2. The molecule has 1 aromatic heterocycles. The van der Waals surface area contributed by atoms with Crippen LogP contribution in [0.15, 0.2) is 53.9 Å². The Morgan fingerprint density at radius 1 is 1.10 bits per heavy atom. The molecule has 1 amide bonds. The lowest BCUT2D eigenvalue weighted by molar-refractivity contribution is -0.131. The Balaban J connectivity index is 1.66. The summed E-state index contributed by atoms with van der Waals surface area (Å²) >= 11 is 6.08. The summed E-state index contributed by atoms with van der Waals surface area (Å²) in [5.74, 6) is 0.287. The number of anilines is 1. The number of pyridine rings is 1. The van der Waals surface area contributed by atoms with Crippen LogP contribution in [0.4, 0.5) is 5.82 Å². The Kier molecular flexibility index (Phi) is 4.43. The number of benzene rings is 1. The lowest BCUT2D eigenvalue weighted by atomic mass is 9.77. The Morgan fingerprint density at radius 3 is 2.62 bits per heavy atom. The number of nitrogens with zero attached hydrogens (tertiary/aromatic N) is 2. The minimum atomic E-state index is -0.556. The summed E-state index contributed by atoms with van der Waals surface area (Å²) in [6.07, 6.45) is 5.14. The minimum absolute atomic E-state index is 0.0411. The number of ketones is 1. The second-order valence-corrected chi connectivity index (χ2v) is 8.41. The zero-order valence-electron chi connectivity index (χ0n) is 16.1. The zero-order valence-corrected chi connectivity index (χ0v) is 16.9. The lowest BCUT2D eigenvalue weighted by Crippen LogP contribution is -2.39. The van der Waals surface area contributed by atoms with Gasteiger partial charge in [-0.2, -0.15) is 0 Å². The first kappa shape index (κ1) is 18.4. The average Bonchev–Trinajstić information content (AvgIpc) is 3.02. The van der Waals surface area contributed by atoms with E-state index in [1.165, 1.54) is 0 Å². The number of halogens is 1. The third-order valence-corrected chi connectivity index (χ3v) is 6.35. The van der Waals surface area contributed by atoms with Crippen molar-refractivity contribution in [3.8, 4) is 0 Å². The molecule has 29 heavy (non-hydrogen) atoms. The molecule has 0 radical (unpaired) electrons. The highest BCUT2D eigenvalue weighted by Crippen LogP contribution is 2.48. The van der Waals surface area contributed by atoms with Crippen LogP contribution in [0.25, 0.3) is 0 Å². The van der Waals surface area contributed by atoms with Crippen molar-refractivity contribution in [3.05, 3.63) is 70.1 Å². The lowest BCUT2D eigenvalue weighted by Gasteiger charge is -2.35. The van der Waals surface area contributed by atoms with Crippen molar-refractivity contribution in [1.29, 1.82) is 0 Å². The summed E-state index contributed by atoms with van der Waals surface area (Å²) in [6.45, 7) is 1.95. The number of fused-ring (bicyclic) bond motifs is 1. The Bertz CT molecular complexity index is 1030. The van der Waals surface area contributed by atoms with Crippen molar-refractivity contribution in [2.75, 3.05) is 4.90 Å². The molecule has 2 aromatic rings. The molecule has 3 atom stereocenters. The third kappa shape index (κ3) is 2.96. The van der Waals surface area contributed by atoms with Crippen LogP contribution in [0.2, 0.25) is 5.02 Å². The van der Waals surface area contributed by atoms with Crippen molar-refractivity contribution < 1.29 is 14.3 Å².